The van der Waals surface area contributed by atoms with Crippen molar-refractivity contribution in [2.45, 2.75) is 13.3 Å². The fourth-order valence-corrected chi connectivity index (χ4v) is 2.26. The van der Waals surface area contributed by atoms with Crippen molar-refractivity contribution < 1.29 is 4.79 Å². The molecule has 0 aromatic heterocycles. The molecule has 0 saturated carbocycles. The average molecular weight is 295 g/mol. The zero-order valence-electron chi connectivity index (χ0n) is 11.9. The molecule has 2 aromatic rings. The largest absolute Gasteiger partial charge is 0.355 e. The number of para-hydroxylation sites is 1. The quantitative estimate of drug-likeness (QED) is 0.667. The molecule has 0 atom stereocenters. The highest BCUT2D eigenvalue weighted by atomic mass is 32.2. The maximum Gasteiger partial charge on any atom is 0.185 e. The normalized spacial score (nSPS) is 9.57. The first-order valence-electron chi connectivity index (χ1n) is 6.78. The lowest BCUT2D eigenvalue weighted by molar-refractivity contribution is -0.109. The number of carbonyl (C=O) groups is 1. The van der Waals surface area contributed by atoms with Crippen molar-refractivity contribution in [3.05, 3.63) is 60.2 Å². The van der Waals surface area contributed by atoms with Gasteiger partial charge in [-0.25, -0.2) is 0 Å². The molecule has 0 heterocycles. The van der Waals surface area contributed by atoms with Crippen LogP contribution in [-0.4, -0.2) is 10.9 Å². The van der Waals surface area contributed by atoms with E-state index in [9.17, 15) is 4.79 Å². The molecule has 0 amide bonds. The fraction of sp³-hybridized carbons (Fsp3) is 0.167. The number of anilines is 2. The van der Waals surface area contributed by atoms with Crippen LogP contribution in [0.2, 0.25) is 0 Å². The Kier molecular flexibility index (Phi) is 5.93. The lowest BCUT2D eigenvalue weighted by atomic mass is 10.2. The molecule has 1 N–H and O–H groups in total. The van der Waals surface area contributed by atoms with Crippen molar-refractivity contribution in [3.8, 4) is 11.8 Å². The first-order chi connectivity index (χ1) is 10.2. The summed E-state index contributed by atoms with van der Waals surface area (Å²) >= 11 is 1.32. The highest BCUT2D eigenvalue weighted by Crippen LogP contribution is 2.16. The van der Waals surface area contributed by atoms with E-state index in [1.807, 2.05) is 54.6 Å². The molecule has 2 rings (SSSR count). The van der Waals surface area contributed by atoms with E-state index in [-0.39, 0.29) is 5.12 Å². The van der Waals surface area contributed by atoms with Gasteiger partial charge < -0.3 is 5.32 Å². The van der Waals surface area contributed by atoms with Crippen LogP contribution < -0.4 is 5.32 Å². The van der Waals surface area contributed by atoms with Crippen LogP contribution in [0.25, 0.3) is 0 Å². The van der Waals surface area contributed by atoms with Gasteiger partial charge in [-0.3, -0.25) is 4.79 Å². The van der Waals surface area contributed by atoms with Gasteiger partial charge in [-0.15, -0.1) is 0 Å². The van der Waals surface area contributed by atoms with Gasteiger partial charge in [0.2, 0.25) is 0 Å². The summed E-state index contributed by atoms with van der Waals surface area (Å²) in [5, 5.41) is 3.49. The molecular weight excluding hydrogens is 278 g/mol. The van der Waals surface area contributed by atoms with Crippen LogP contribution in [0.1, 0.15) is 18.9 Å². The molecule has 0 radical (unpaired) electrons. The van der Waals surface area contributed by atoms with E-state index in [0.717, 1.165) is 29.1 Å². The van der Waals surface area contributed by atoms with Crippen LogP contribution >= 0.6 is 11.8 Å². The van der Waals surface area contributed by atoms with Crippen molar-refractivity contribution >= 4 is 28.3 Å². The highest BCUT2D eigenvalue weighted by Gasteiger charge is 1.95. The van der Waals surface area contributed by atoms with Gasteiger partial charge in [-0.1, -0.05) is 47.9 Å². The minimum Gasteiger partial charge on any atom is -0.355 e. The molecule has 0 spiro atoms. The molecule has 0 fully saturated rings. The first kappa shape index (κ1) is 15.2. The SMILES string of the molecule is CC(=O)SCCC#Cc1cccc(Nc2ccccc2)c1. The summed E-state index contributed by atoms with van der Waals surface area (Å²) < 4.78 is 0. The maximum absolute atomic E-state index is 10.8. The number of carbonyl (C=O) groups excluding carboxylic acids is 1. The third-order valence-electron chi connectivity index (χ3n) is 2.69. The maximum atomic E-state index is 10.8. The molecule has 2 nitrogen and oxygen atoms in total. The summed E-state index contributed by atoms with van der Waals surface area (Å²) in [5.41, 5.74) is 3.05. The third-order valence-corrected chi connectivity index (χ3v) is 3.50. The van der Waals surface area contributed by atoms with Gasteiger partial charge in [-0.2, -0.15) is 0 Å². The summed E-state index contributed by atoms with van der Waals surface area (Å²) in [4.78, 5) is 10.8. The minimum absolute atomic E-state index is 0.144. The smallest absolute Gasteiger partial charge is 0.185 e. The third kappa shape index (κ3) is 5.76. The predicted octanol–water partition coefficient (Wildman–Crippen LogP) is 4.45. The Morgan fingerprint density at radius 3 is 2.62 bits per heavy atom. The molecule has 21 heavy (non-hydrogen) atoms. The Morgan fingerprint density at radius 1 is 1.10 bits per heavy atom. The number of nitrogens with one attached hydrogen (secondary N) is 1. The summed E-state index contributed by atoms with van der Waals surface area (Å²) in [5.74, 6) is 6.98. The van der Waals surface area contributed by atoms with E-state index in [1.165, 1.54) is 11.8 Å². The van der Waals surface area contributed by atoms with Crippen molar-refractivity contribution in [2.75, 3.05) is 11.1 Å². The van der Waals surface area contributed by atoms with Gasteiger partial charge >= 0.3 is 0 Å². The first-order valence-corrected chi connectivity index (χ1v) is 7.77. The molecule has 0 aliphatic carbocycles. The number of thioether (sulfide) groups is 1. The molecule has 0 aliphatic rings. The lowest BCUT2D eigenvalue weighted by Crippen LogP contribution is -1.90. The van der Waals surface area contributed by atoms with E-state index in [4.69, 9.17) is 0 Å². The summed E-state index contributed by atoms with van der Waals surface area (Å²) in [6.07, 6.45) is 0.723. The molecule has 0 bridgehead atoms. The Morgan fingerprint density at radius 2 is 1.86 bits per heavy atom. The van der Waals surface area contributed by atoms with Crippen LogP contribution in [0.3, 0.4) is 0 Å². The van der Waals surface area contributed by atoms with Crippen molar-refractivity contribution in [3.63, 3.8) is 0 Å². The second-order valence-corrected chi connectivity index (χ2v) is 5.74. The second-order valence-electron chi connectivity index (χ2n) is 4.46. The summed E-state index contributed by atoms with van der Waals surface area (Å²) in [6.45, 7) is 1.58. The van der Waals surface area contributed by atoms with Gasteiger partial charge in [0.15, 0.2) is 5.12 Å². The van der Waals surface area contributed by atoms with Gasteiger partial charge in [0, 0.05) is 36.0 Å². The number of hydrogen-bond acceptors (Lipinski definition) is 3. The Bertz CT molecular complexity index is 656. The summed E-state index contributed by atoms with van der Waals surface area (Å²) in [7, 11) is 0. The van der Waals surface area contributed by atoms with E-state index >= 15 is 0 Å². The molecule has 2 aromatic carbocycles. The Hall–Kier alpha value is -2.18. The molecular formula is C18H17NOS. The van der Waals surface area contributed by atoms with Gasteiger partial charge in [-0.05, 0) is 30.3 Å². The van der Waals surface area contributed by atoms with Gasteiger partial charge in [0.1, 0.15) is 0 Å². The number of hydrogen-bond donors (Lipinski definition) is 1. The lowest BCUT2D eigenvalue weighted by Gasteiger charge is -2.06. The molecule has 0 aliphatic heterocycles. The molecule has 106 valence electrons. The van der Waals surface area contributed by atoms with Crippen molar-refractivity contribution in [1.82, 2.24) is 0 Å². The minimum atomic E-state index is 0.144. The topological polar surface area (TPSA) is 29.1 Å². The standard InChI is InChI=1S/C18H17NOS/c1-15(20)21-13-6-5-8-16-9-7-12-18(14-16)19-17-10-3-2-4-11-17/h2-4,7,9-12,14,19H,6,13H2,1H3. The number of benzene rings is 2. The van der Waals surface area contributed by atoms with Crippen molar-refractivity contribution in [2.24, 2.45) is 0 Å². The zero-order valence-corrected chi connectivity index (χ0v) is 12.7. The Labute approximate surface area is 130 Å². The second kappa shape index (κ2) is 8.18. The molecule has 3 heteroatoms. The van der Waals surface area contributed by atoms with Crippen molar-refractivity contribution in [1.29, 1.82) is 0 Å². The van der Waals surface area contributed by atoms with E-state index in [1.54, 1.807) is 6.92 Å². The van der Waals surface area contributed by atoms with Gasteiger partial charge in [0.25, 0.3) is 0 Å². The van der Waals surface area contributed by atoms with E-state index in [0.29, 0.717) is 0 Å². The van der Waals surface area contributed by atoms with E-state index < -0.39 is 0 Å². The zero-order chi connectivity index (χ0) is 14.9. The monoisotopic (exact) mass is 295 g/mol. The predicted molar refractivity (Wildman–Crippen MR) is 90.8 cm³/mol. The summed E-state index contributed by atoms with van der Waals surface area (Å²) in [6, 6.07) is 18.1. The Balaban J connectivity index is 1.95. The average Bonchev–Trinajstić information content (AvgIpc) is 2.48. The van der Waals surface area contributed by atoms with Crippen LogP contribution in [0.5, 0.6) is 0 Å². The molecule has 0 saturated heterocycles. The molecule has 0 unspecified atom stereocenters. The van der Waals surface area contributed by atoms with Crippen LogP contribution in [0.4, 0.5) is 11.4 Å². The fourth-order valence-electron chi connectivity index (χ4n) is 1.77. The van der Waals surface area contributed by atoms with Crippen LogP contribution in [0, 0.1) is 11.8 Å². The van der Waals surface area contributed by atoms with E-state index in [2.05, 4.69) is 17.2 Å². The van der Waals surface area contributed by atoms with Crippen LogP contribution in [-0.2, 0) is 4.79 Å². The highest BCUT2D eigenvalue weighted by molar-refractivity contribution is 8.13. The van der Waals surface area contributed by atoms with Crippen LogP contribution in [0.15, 0.2) is 54.6 Å². The van der Waals surface area contributed by atoms with Gasteiger partial charge in [0.05, 0.1) is 0 Å². The number of rotatable bonds is 4.